The summed E-state index contributed by atoms with van der Waals surface area (Å²) in [5.41, 5.74) is 1.14. The highest BCUT2D eigenvalue weighted by Crippen LogP contribution is 2.26. The van der Waals surface area contributed by atoms with E-state index in [9.17, 15) is 0 Å². The molecule has 1 unspecified atom stereocenters. The summed E-state index contributed by atoms with van der Waals surface area (Å²) in [5.74, 6) is 1.44. The lowest BCUT2D eigenvalue weighted by Gasteiger charge is -2.34. The molecule has 0 aliphatic carbocycles. The molecule has 114 valence electrons. The molecule has 0 N–H and O–H groups in total. The molecule has 1 atom stereocenters. The minimum Gasteiger partial charge on any atom is -0.378 e. The van der Waals surface area contributed by atoms with Crippen molar-refractivity contribution in [1.82, 2.24) is 24.6 Å². The first-order valence-corrected chi connectivity index (χ1v) is 8.13. The van der Waals surface area contributed by atoms with Gasteiger partial charge in [0.05, 0.1) is 30.0 Å². The minimum atomic E-state index is 0.149. The van der Waals surface area contributed by atoms with E-state index in [4.69, 9.17) is 9.72 Å². The lowest BCUT2D eigenvalue weighted by atomic mass is 10.2. The smallest absolute Gasteiger partial charge is 0.146 e. The van der Waals surface area contributed by atoms with Crippen molar-refractivity contribution in [2.24, 2.45) is 7.05 Å². The summed E-state index contributed by atoms with van der Waals surface area (Å²) in [6.45, 7) is 7.51. The van der Waals surface area contributed by atoms with E-state index in [2.05, 4.69) is 34.2 Å². The zero-order valence-corrected chi connectivity index (χ0v) is 13.5. The highest BCUT2D eigenvalue weighted by molar-refractivity contribution is 7.09. The Morgan fingerprint density at radius 2 is 2.33 bits per heavy atom. The van der Waals surface area contributed by atoms with Gasteiger partial charge in [-0.05, 0) is 0 Å². The molecule has 1 saturated heterocycles. The molecule has 0 radical (unpaired) electrons. The first-order valence-electron chi connectivity index (χ1n) is 7.25. The minimum absolute atomic E-state index is 0.149. The molecule has 0 amide bonds. The van der Waals surface area contributed by atoms with Gasteiger partial charge in [0.2, 0.25) is 0 Å². The first-order chi connectivity index (χ1) is 10.1. The molecule has 0 saturated carbocycles. The van der Waals surface area contributed by atoms with Crippen molar-refractivity contribution in [2.75, 3.05) is 19.8 Å². The van der Waals surface area contributed by atoms with Gasteiger partial charge < -0.3 is 4.74 Å². The van der Waals surface area contributed by atoms with Crippen molar-refractivity contribution in [3.05, 3.63) is 28.2 Å². The van der Waals surface area contributed by atoms with Gasteiger partial charge in [-0.3, -0.25) is 9.58 Å². The van der Waals surface area contributed by atoms with Crippen LogP contribution in [-0.2, 0) is 18.3 Å². The molecule has 3 heterocycles. The van der Waals surface area contributed by atoms with Crippen LogP contribution in [0.4, 0.5) is 0 Å². The fourth-order valence-corrected chi connectivity index (χ4v) is 3.37. The Morgan fingerprint density at radius 3 is 3.00 bits per heavy atom. The number of thiazole rings is 1. The van der Waals surface area contributed by atoms with Crippen LogP contribution < -0.4 is 0 Å². The quantitative estimate of drug-likeness (QED) is 0.864. The topological polar surface area (TPSA) is 56.1 Å². The molecule has 2 aromatic heterocycles. The van der Waals surface area contributed by atoms with Crippen molar-refractivity contribution >= 4 is 11.3 Å². The van der Waals surface area contributed by atoms with Gasteiger partial charge in [0.1, 0.15) is 12.2 Å². The van der Waals surface area contributed by atoms with Gasteiger partial charge in [0.15, 0.2) is 0 Å². The van der Waals surface area contributed by atoms with E-state index in [-0.39, 0.29) is 6.04 Å². The molecule has 0 spiro atoms. The van der Waals surface area contributed by atoms with Crippen LogP contribution in [0.5, 0.6) is 0 Å². The van der Waals surface area contributed by atoms with Crippen molar-refractivity contribution in [3.8, 4) is 0 Å². The van der Waals surface area contributed by atoms with Crippen LogP contribution in [0, 0.1) is 0 Å². The number of aryl methyl sites for hydroxylation is 1. The van der Waals surface area contributed by atoms with E-state index in [1.807, 2.05) is 11.7 Å². The third-order valence-electron chi connectivity index (χ3n) is 3.71. The normalized spacial score (nSPS) is 20.3. The maximum atomic E-state index is 5.63. The Balaban J connectivity index is 1.76. The Kier molecular flexibility index (Phi) is 4.32. The van der Waals surface area contributed by atoms with Crippen LogP contribution in [0.2, 0.25) is 0 Å². The second-order valence-corrected chi connectivity index (χ2v) is 6.52. The Morgan fingerprint density at radius 1 is 1.48 bits per heavy atom. The lowest BCUT2D eigenvalue weighted by Crippen LogP contribution is -2.40. The van der Waals surface area contributed by atoms with E-state index in [0.717, 1.165) is 31.2 Å². The second-order valence-electron chi connectivity index (χ2n) is 5.63. The molecule has 7 heteroatoms. The standard InChI is InChI=1S/C14H21N5OS/c1-10(2)14-17-11(8-21-14)6-19-4-5-20-7-12(19)13-15-9-16-18(13)3/h8-10,12H,4-7H2,1-3H3. The van der Waals surface area contributed by atoms with Crippen molar-refractivity contribution in [3.63, 3.8) is 0 Å². The third kappa shape index (κ3) is 3.14. The van der Waals surface area contributed by atoms with Crippen molar-refractivity contribution < 1.29 is 4.74 Å². The van der Waals surface area contributed by atoms with E-state index >= 15 is 0 Å². The number of aromatic nitrogens is 4. The Hall–Kier alpha value is -1.31. The summed E-state index contributed by atoms with van der Waals surface area (Å²) in [6, 6.07) is 0.149. The van der Waals surface area contributed by atoms with Gasteiger partial charge in [-0.25, -0.2) is 9.97 Å². The van der Waals surface area contributed by atoms with Crippen molar-refractivity contribution in [2.45, 2.75) is 32.4 Å². The third-order valence-corrected chi connectivity index (χ3v) is 4.91. The molecular formula is C14H21N5OS. The maximum absolute atomic E-state index is 5.63. The molecule has 1 aliphatic rings. The van der Waals surface area contributed by atoms with Gasteiger partial charge in [-0.2, -0.15) is 5.10 Å². The van der Waals surface area contributed by atoms with E-state index in [1.54, 1.807) is 17.7 Å². The molecule has 0 bridgehead atoms. The molecule has 0 aromatic carbocycles. The molecule has 6 nitrogen and oxygen atoms in total. The van der Waals surface area contributed by atoms with Gasteiger partial charge in [0.25, 0.3) is 0 Å². The van der Waals surface area contributed by atoms with Crippen LogP contribution in [0.3, 0.4) is 0 Å². The SMILES string of the molecule is CC(C)c1nc(CN2CCOCC2c2ncnn2C)cs1. The molecule has 3 rings (SSSR count). The van der Waals surface area contributed by atoms with Crippen LogP contribution in [0.1, 0.15) is 42.3 Å². The van der Waals surface area contributed by atoms with Gasteiger partial charge in [-0.15, -0.1) is 11.3 Å². The van der Waals surface area contributed by atoms with Crippen LogP contribution in [-0.4, -0.2) is 44.4 Å². The van der Waals surface area contributed by atoms with Gasteiger partial charge in [0, 0.05) is 31.4 Å². The Labute approximate surface area is 128 Å². The molecule has 1 aliphatic heterocycles. The van der Waals surface area contributed by atoms with Gasteiger partial charge >= 0.3 is 0 Å². The lowest BCUT2D eigenvalue weighted by molar-refractivity contribution is -0.0176. The van der Waals surface area contributed by atoms with E-state index in [0.29, 0.717) is 12.5 Å². The largest absolute Gasteiger partial charge is 0.378 e. The highest BCUT2D eigenvalue weighted by atomic mass is 32.1. The second kappa shape index (κ2) is 6.21. The predicted molar refractivity (Wildman–Crippen MR) is 81.2 cm³/mol. The summed E-state index contributed by atoms with van der Waals surface area (Å²) < 4.78 is 7.46. The molecule has 21 heavy (non-hydrogen) atoms. The van der Waals surface area contributed by atoms with E-state index in [1.165, 1.54) is 5.01 Å². The molecule has 2 aromatic rings. The zero-order valence-electron chi connectivity index (χ0n) is 12.7. The van der Waals surface area contributed by atoms with Crippen molar-refractivity contribution in [1.29, 1.82) is 0 Å². The first kappa shape index (κ1) is 14.6. The summed E-state index contributed by atoms with van der Waals surface area (Å²) in [5, 5.41) is 7.54. The summed E-state index contributed by atoms with van der Waals surface area (Å²) >= 11 is 1.75. The summed E-state index contributed by atoms with van der Waals surface area (Å²) in [6.07, 6.45) is 1.60. The van der Waals surface area contributed by atoms with E-state index < -0.39 is 0 Å². The maximum Gasteiger partial charge on any atom is 0.146 e. The number of rotatable bonds is 4. The number of hydrogen-bond acceptors (Lipinski definition) is 6. The fourth-order valence-electron chi connectivity index (χ4n) is 2.54. The Bertz CT molecular complexity index is 594. The molecule has 1 fully saturated rings. The molecular weight excluding hydrogens is 286 g/mol. The predicted octanol–water partition coefficient (Wildman–Crippen LogP) is 1.97. The average Bonchev–Trinajstić information content (AvgIpc) is 3.09. The number of ether oxygens (including phenoxy) is 1. The number of nitrogens with zero attached hydrogens (tertiary/aromatic N) is 5. The summed E-state index contributed by atoms with van der Waals surface area (Å²) in [4.78, 5) is 11.5. The zero-order chi connectivity index (χ0) is 14.8. The number of morpholine rings is 1. The van der Waals surface area contributed by atoms with Crippen LogP contribution in [0.15, 0.2) is 11.7 Å². The van der Waals surface area contributed by atoms with Crippen LogP contribution in [0.25, 0.3) is 0 Å². The highest BCUT2D eigenvalue weighted by Gasteiger charge is 2.28. The number of hydrogen-bond donors (Lipinski definition) is 0. The summed E-state index contributed by atoms with van der Waals surface area (Å²) in [7, 11) is 1.93. The fraction of sp³-hybridized carbons (Fsp3) is 0.643. The monoisotopic (exact) mass is 307 g/mol. The van der Waals surface area contributed by atoms with Gasteiger partial charge in [-0.1, -0.05) is 13.8 Å². The van der Waals surface area contributed by atoms with Crippen LogP contribution >= 0.6 is 11.3 Å². The average molecular weight is 307 g/mol.